The van der Waals surface area contributed by atoms with E-state index in [1.165, 1.54) is 22.3 Å². The molecule has 0 N–H and O–H groups in total. The molecule has 0 atom stereocenters. The van der Waals surface area contributed by atoms with Crippen LogP contribution in [0.3, 0.4) is 0 Å². The van der Waals surface area contributed by atoms with Crippen LogP contribution in [0.2, 0.25) is 0 Å². The van der Waals surface area contributed by atoms with Crippen LogP contribution in [0.4, 0.5) is 11.4 Å². The van der Waals surface area contributed by atoms with Crippen molar-refractivity contribution in [3.05, 3.63) is 88.2 Å². The topological polar surface area (TPSA) is 37.6 Å². The molecule has 3 rings (SSSR count). The number of halogens is 3. The van der Waals surface area contributed by atoms with E-state index in [1.54, 1.807) is 0 Å². The van der Waals surface area contributed by atoms with E-state index in [-0.39, 0.29) is 54.6 Å². The van der Waals surface area contributed by atoms with Crippen molar-refractivity contribution in [2.24, 2.45) is 9.98 Å². The number of rotatable bonds is 10. The first-order chi connectivity index (χ1) is 17.2. The average Bonchev–Trinajstić information content (AvgIpc) is 2.84. The zero-order valence-corrected chi connectivity index (χ0v) is 28.5. The molecule has 0 bridgehead atoms. The molecule has 0 saturated heterocycles. The van der Waals surface area contributed by atoms with E-state index in [0.717, 1.165) is 22.8 Å². The number of aliphatic imine (C=N–C) groups is 2. The van der Waals surface area contributed by atoms with Gasteiger partial charge in [0.25, 0.3) is 0 Å². The monoisotopic (exact) mass is 638 g/mol. The zero-order chi connectivity index (χ0) is 26.2. The standard InChI is InChI=1S/C33H43N3.3ClH.Cr/c1-22(2)28-14-10-15-29(23(3)4)32(28)34-20-18-26-12-9-13-27(36-26)19-21-35-33-30(24(5)6)16-11-17-31(33)25(7)8;;;;/h9-17,20-25H,18-19H2,1-8H3;3*1H;/q;;;;+3/p-3. The number of nitrogens with zero attached hydrogens (tertiary/aromatic N) is 3. The second kappa shape index (κ2) is 19.5. The Bertz CT molecular complexity index is 1080. The molecule has 1 heterocycles. The fourth-order valence-electron chi connectivity index (χ4n) is 4.54. The fourth-order valence-corrected chi connectivity index (χ4v) is 4.54. The molecule has 40 heavy (non-hydrogen) atoms. The van der Waals surface area contributed by atoms with Crippen LogP contribution < -0.4 is 37.2 Å². The van der Waals surface area contributed by atoms with Gasteiger partial charge in [-0.3, -0.25) is 15.0 Å². The molecule has 3 aromatic rings. The largest absolute Gasteiger partial charge is 3.00 e. The molecule has 3 nitrogen and oxygen atoms in total. The molecular weight excluding hydrogens is 597 g/mol. The summed E-state index contributed by atoms with van der Waals surface area (Å²) in [6.07, 6.45) is 5.45. The van der Waals surface area contributed by atoms with Gasteiger partial charge < -0.3 is 37.2 Å². The summed E-state index contributed by atoms with van der Waals surface area (Å²) in [7, 11) is 0. The van der Waals surface area contributed by atoms with Gasteiger partial charge in [0, 0.05) is 36.7 Å². The summed E-state index contributed by atoms with van der Waals surface area (Å²) in [6.45, 7) is 17.8. The first kappa shape index (κ1) is 40.5. The molecule has 217 valence electrons. The maximum absolute atomic E-state index is 4.94. The van der Waals surface area contributed by atoms with E-state index < -0.39 is 0 Å². The Kier molecular flexibility index (Phi) is 19.7. The second-order valence-electron chi connectivity index (χ2n) is 10.8. The van der Waals surface area contributed by atoms with E-state index in [1.807, 2.05) is 12.4 Å². The minimum Gasteiger partial charge on any atom is -1.00 e. The fraction of sp³-hybridized carbons (Fsp3) is 0.424. The van der Waals surface area contributed by atoms with Gasteiger partial charge in [-0.25, -0.2) is 0 Å². The van der Waals surface area contributed by atoms with E-state index in [4.69, 9.17) is 15.0 Å². The molecule has 1 radical (unpaired) electrons. The summed E-state index contributed by atoms with van der Waals surface area (Å²) in [6, 6.07) is 19.3. The molecule has 0 aliphatic carbocycles. The summed E-state index contributed by atoms with van der Waals surface area (Å²) < 4.78 is 0. The molecular formula is C33H43Cl3CrN3. The molecule has 0 aliphatic heterocycles. The van der Waals surface area contributed by atoms with Gasteiger partial charge in [0.2, 0.25) is 0 Å². The van der Waals surface area contributed by atoms with Crippen LogP contribution in [-0.4, -0.2) is 17.4 Å². The summed E-state index contributed by atoms with van der Waals surface area (Å²) in [5.74, 6) is 1.75. The Morgan fingerprint density at radius 3 is 1.07 bits per heavy atom. The van der Waals surface area contributed by atoms with Crippen LogP contribution in [-0.2, 0) is 30.2 Å². The van der Waals surface area contributed by atoms with Crippen molar-refractivity contribution in [2.45, 2.75) is 91.9 Å². The molecule has 7 heteroatoms. The Morgan fingerprint density at radius 2 is 0.800 bits per heavy atom. The number of hydrogen-bond donors (Lipinski definition) is 0. The van der Waals surface area contributed by atoms with Gasteiger partial charge >= 0.3 is 17.4 Å². The summed E-state index contributed by atoms with van der Waals surface area (Å²) in [5.41, 5.74) is 9.52. The number of hydrogen-bond acceptors (Lipinski definition) is 3. The quantitative estimate of drug-likeness (QED) is 0.298. The number of pyridine rings is 1. The van der Waals surface area contributed by atoms with E-state index in [9.17, 15) is 0 Å². The number of benzene rings is 2. The van der Waals surface area contributed by atoms with Crippen LogP contribution in [0.25, 0.3) is 0 Å². The molecule has 2 aromatic carbocycles. The van der Waals surface area contributed by atoms with Crippen molar-refractivity contribution in [1.82, 2.24) is 4.98 Å². The smallest absolute Gasteiger partial charge is 1.00 e. The third-order valence-corrected chi connectivity index (χ3v) is 6.59. The van der Waals surface area contributed by atoms with E-state index >= 15 is 0 Å². The van der Waals surface area contributed by atoms with Gasteiger partial charge in [0.1, 0.15) is 0 Å². The Hall–Kier alpha value is -1.67. The maximum atomic E-state index is 4.94. The molecule has 0 unspecified atom stereocenters. The predicted octanol–water partition coefficient (Wildman–Crippen LogP) is 0.475. The molecule has 0 spiro atoms. The van der Waals surface area contributed by atoms with Crippen molar-refractivity contribution in [3.8, 4) is 0 Å². The van der Waals surface area contributed by atoms with E-state index in [0.29, 0.717) is 36.5 Å². The normalized spacial score (nSPS) is 11.1. The van der Waals surface area contributed by atoms with E-state index in [2.05, 4.69) is 110 Å². The van der Waals surface area contributed by atoms with Crippen molar-refractivity contribution < 1.29 is 54.6 Å². The van der Waals surface area contributed by atoms with Crippen molar-refractivity contribution in [1.29, 1.82) is 0 Å². The minimum absolute atomic E-state index is 0. The summed E-state index contributed by atoms with van der Waals surface area (Å²) in [5, 5.41) is 0. The predicted molar refractivity (Wildman–Crippen MR) is 157 cm³/mol. The zero-order valence-electron chi connectivity index (χ0n) is 25.0. The van der Waals surface area contributed by atoms with Gasteiger partial charge in [0.15, 0.2) is 0 Å². The summed E-state index contributed by atoms with van der Waals surface area (Å²) >= 11 is 0. The number of aromatic nitrogens is 1. The van der Waals surface area contributed by atoms with Crippen molar-refractivity contribution in [2.75, 3.05) is 0 Å². The molecule has 0 aliphatic rings. The van der Waals surface area contributed by atoms with Crippen LogP contribution in [0.15, 0.2) is 64.6 Å². The van der Waals surface area contributed by atoms with Crippen molar-refractivity contribution >= 4 is 23.8 Å². The first-order valence-corrected chi connectivity index (χ1v) is 13.4. The Morgan fingerprint density at radius 1 is 0.525 bits per heavy atom. The molecule has 1 aromatic heterocycles. The minimum atomic E-state index is 0. The average molecular weight is 640 g/mol. The molecule has 0 saturated carbocycles. The molecule has 0 amide bonds. The van der Waals surface area contributed by atoms with Crippen LogP contribution >= 0.6 is 0 Å². The third-order valence-electron chi connectivity index (χ3n) is 6.59. The van der Waals surface area contributed by atoms with Gasteiger partial charge in [-0.05, 0) is 58.1 Å². The van der Waals surface area contributed by atoms with Crippen LogP contribution in [0.1, 0.15) is 113 Å². The van der Waals surface area contributed by atoms with Gasteiger partial charge in [0.05, 0.1) is 11.4 Å². The van der Waals surface area contributed by atoms with Crippen LogP contribution in [0.5, 0.6) is 0 Å². The summed E-state index contributed by atoms with van der Waals surface area (Å²) in [4.78, 5) is 14.8. The van der Waals surface area contributed by atoms with Crippen LogP contribution in [0, 0.1) is 0 Å². The van der Waals surface area contributed by atoms with Gasteiger partial charge in [-0.2, -0.15) is 0 Å². The SMILES string of the molecule is CC(C)c1cccc(C(C)C)c1N=CCc1cccc(CC=Nc2c(C(C)C)cccc2C(C)C)n1.[Cl-].[Cl-].[Cl-].[Cr+3]. The maximum Gasteiger partial charge on any atom is 3.00 e. The molecule has 0 fully saturated rings. The van der Waals surface area contributed by atoms with Crippen molar-refractivity contribution in [3.63, 3.8) is 0 Å². The first-order valence-electron chi connectivity index (χ1n) is 13.4. The Balaban J connectivity index is 0. The third kappa shape index (κ3) is 11.0. The van der Waals surface area contributed by atoms with Gasteiger partial charge in [-0.15, -0.1) is 0 Å². The second-order valence-corrected chi connectivity index (χ2v) is 10.8. The Labute approximate surface area is 272 Å². The number of para-hydroxylation sites is 2. The van der Waals surface area contributed by atoms with Gasteiger partial charge in [-0.1, -0.05) is 97.9 Å².